The molecule has 3 heterocycles. The minimum Gasteiger partial charge on any atom is -0.420 e. The summed E-state index contributed by atoms with van der Waals surface area (Å²) in [6.45, 7) is 2.70. The first-order chi connectivity index (χ1) is 12.5. The fourth-order valence-corrected chi connectivity index (χ4v) is 4.51. The van der Waals surface area contributed by atoms with E-state index in [4.69, 9.17) is 4.42 Å². The molecule has 26 heavy (non-hydrogen) atoms. The number of hydrogen-bond acceptors (Lipinski definition) is 6. The summed E-state index contributed by atoms with van der Waals surface area (Å²) in [5, 5.41) is 8.17. The minimum absolute atomic E-state index is 0.104. The molecule has 1 saturated heterocycles. The second kappa shape index (κ2) is 6.62. The fourth-order valence-electron chi connectivity index (χ4n) is 3.01. The van der Waals surface area contributed by atoms with Crippen LogP contribution in [0.2, 0.25) is 0 Å². The molecule has 3 aromatic rings. The molecule has 0 spiro atoms. The molecule has 1 aliphatic heterocycles. The highest BCUT2D eigenvalue weighted by Crippen LogP contribution is 2.31. The van der Waals surface area contributed by atoms with Gasteiger partial charge in [-0.1, -0.05) is 17.7 Å². The highest BCUT2D eigenvalue weighted by molar-refractivity contribution is 7.89. The quantitative estimate of drug-likeness (QED) is 0.701. The standard InChI is InChI=1S/C18H18N4O3S/c1-13-4-6-16(7-5-13)26(23,24)22-10-8-15(12-22)18-21-20-17(25-18)14-3-2-9-19-11-14/h2-7,9,11,15H,8,10,12H2,1H3/t15-/m0/s1. The monoisotopic (exact) mass is 370 g/mol. The van der Waals surface area contributed by atoms with E-state index in [-0.39, 0.29) is 5.92 Å². The van der Waals surface area contributed by atoms with Crippen LogP contribution >= 0.6 is 0 Å². The Labute approximate surface area is 151 Å². The van der Waals surface area contributed by atoms with Crippen LogP contribution in [0.5, 0.6) is 0 Å². The number of aromatic nitrogens is 3. The molecule has 7 nitrogen and oxygen atoms in total. The maximum atomic E-state index is 12.8. The van der Waals surface area contributed by atoms with Crippen molar-refractivity contribution in [3.05, 3.63) is 60.2 Å². The summed E-state index contributed by atoms with van der Waals surface area (Å²) >= 11 is 0. The Morgan fingerprint density at radius 3 is 2.69 bits per heavy atom. The third-order valence-corrected chi connectivity index (χ3v) is 6.39. The molecule has 1 aromatic carbocycles. The molecule has 0 bridgehead atoms. The fraction of sp³-hybridized carbons (Fsp3) is 0.278. The van der Waals surface area contributed by atoms with Crippen LogP contribution in [-0.2, 0) is 10.0 Å². The summed E-state index contributed by atoms with van der Waals surface area (Å²) in [6.07, 6.45) is 3.98. The van der Waals surface area contributed by atoms with Gasteiger partial charge in [0.15, 0.2) is 0 Å². The number of benzene rings is 1. The molecular weight excluding hydrogens is 352 g/mol. The van der Waals surface area contributed by atoms with E-state index in [1.165, 1.54) is 4.31 Å². The van der Waals surface area contributed by atoms with E-state index >= 15 is 0 Å². The third kappa shape index (κ3) is 3.13. The maximum absolute atomic E-state index is 12.8. The smallest absolute Gasteiger partial charge is 0.249 e. The lowest BCUT2D eigenvalue weighted by Crippen LogP contribution is -2.28. The zero-order chi connectivity index (χ0) is 18.1. The Hall–Kier alpha value is -2.58. The Balaban J connectivity index is 1.52. The molecule has 0 amide bonds. The van der Waals surface area contributed by atoms with Crippen LogP contribution in [-0.4, -0.2) is 41.0 Å². The molecule has 0 saturated carbocycles. The molecule has 0 radical (unpaired) electrons. The number of hydrogen-bond donors (Lipinski definition) is 0. The first-order valence-electron chi connectivity index (χ1n) is 8.34. The van der Waals surface area contributed by atoms with E-state index < -0.39 is 10.0 Å². The second-order valence-electron chi connectivity index (χ2n) is 6.35. The van der Waals surface area contributed by atoms with E-state index in [0.717, 1.165) is 11.1 Å². The van der Waals surface area contributed by atoms with Crippen LogP contribution in [0.25, 0.3) is 11.5 Å². The summed E-state index contributed by atoms with van der Waals surface area (Å²) < 4.78 is 32.8. The number of pyridine rings is 1. The molecule has 1 atom stereocenters. The van der Waals surface area contributed by atoms with E-state index in [2.05, 4.69) is 15.2 Å². The first-order valence-corrected chi connectivity index (χ1v) is 9.78. The highest BCUT2D eigenvalue weighted by Gasteiger charge is 2.35. The van der Waals surface area contributed by atoms with Crippen molar-refractivity contribution in [2.45, 2.75) is 24.2 Å². The predicted octanol–water partition coefficient (Wildman–Crippen LogP) is 2.62. The van der Waals surface area contributed by atoms with Crippen molar-refractivity contribution in [3.8, 4) is 11.5 Å². The minimum atomic E-state index is -3.51. The van der Waals surface area contributed by atoms with Gasteiger partial charge in [-0.15, -0.1) is 10.2 Å². The summed E-state index contributed by atoms with van der Waals surface area (Å²) in [4.78, 5) is 4.35. The van der Waals surface area contributed by atoms with Crippen LogP contribution in [0.4, 0.5) is 0 Å². The van der Waals surface area contributed by atoms with Gasteiger partial charge in [0, 0.05) is 25.5 Å². The average Bonchev–Trinajstić information content (AvgIpc) is 3.33. The van der Waals surface area contributed by atoms with E-state index in [1.807, 2.05) is 13.0 Å². The normalized spacial score (nSPS) is 18.3. The molecule has 4 rings (SSSR count). The molecular formula is C18H18N4O3S. The molecule has 8 heteroatoms. The van der Waals surface area contributed by atoms with Crippen molar-refractivity contribution in [2.24, 2.45) is 0 Å². The van der Waals surface area contributed by atoms with Crippen LogP contribution < -0.4 is 0 Å². The summed E-state index contributed by atoms with van der Waals surface area (Å²) in [6, 6.07) is 10.5. The van der Waals surface area contributed by atoms with Crippen LogP contribution in [0, 0.1) is 6.92 Å². The van der Waals surface area contributed by atoms with Crippen molar-refractivity contribution < 1.29 is 12.8 Å². The van der Waals surface area contributed by atoms with Gasteiger partial charge in [0.2, 0.25) is 21.8 Å². The number of sulfonamides is 1. The average molecular weight is 370 g/mol. The molecule has 0 N–H and O–H groups in total. The Morgan fingerprint density at radius 1 is 1.15 bits per heavy atom. The molecule has 1 aliphatic rings. The zero-order valence-electron chi connectivity index (χ0n) is 14.2. The van der Waals surface area contributed by atoms with Crippen molar-refractivity contribution in [1.82, 2.24) is 19.5 Å². The summed E-state index contributed by atoms with van der Waals surface area (Å²) in [7, 11) is -3.51. The molecule has 1 fully saturated rings. The van der Waals surface area contributed by atoms with Gasteiger partial charge in [-0.3, -0.25) is 4.98 Å². The zero-order valence-corrected chi connectivity index (χ0v) is 15.1. The van der Waals surface area contributed by atoms with Gasteiger partial charge in [-0.25, -0.2) is 8.42 Å². The highest BCUT2D eigenvalue weighted by atomic mass is 32.2. The van der Waals surface area contributed by atoms with Gasteiger partial charge in [-0.2, -0.15) is 4.31 Å². The Kier molecular flexibility index (Phi) is 4.29. The van der Waals surface area contributed by atoms with E-state index in [9.17, 15) is 8.42 Å². The second-order valence-corrected chi connectivity index (χ2v) is 8.29. The maximum Gasteiger partial charge on any atom is 0.249 e. The SMILES string of the molecule is Cc1ccc(S(=O)(=O)N2CC[C@H](c3nnc(-c4cccnc4)o3)C2)cc1. The topological polar surface area (TPSA) is 89.2 Å². The third-order valence-electron chi connectivity index (χ3n) is 4.51. The molecule has 2 aromatic heterocycles. The van der Waals surface area contributed by atoms with Crippen LogP contribution in [0.1, 0.15) is 23.8 Å². The summed E-state index contributed by atoms with van der Waals surface area (Å²) in [5.41, 5.74) is 1.77. The van der Waals surface area contributed by atoms with Crippen molar-refractivity contribution in [1.29, 1.82) is 0 Å². The Bertz CT molecular complexity index is 1000. The van der Waals surface area contributed by atoms with Gasteiger partial charge < -0.3 is 4.42 Å². The van der Waals surface area contributed by atoms with Crippen molar-refractivity contribution >= 4 is 10.0 Å². The van der Waals surface area contributed by atoms with E-state index in [1.54, 1.807) is 42.7 Å². The van der Waals surface area contributed by atoms with Gasteiger partial charge in [0.25, 0.3) is 0 Å². The molecule has 134 valence electrons. The van der Waals surface area contributed by atoms with Gasteiger partial charge >= 0.3 is 0 Å². The van der Waals surface area contributed by atoms with Crippen LogP contribution in [0.15, 0.2) is 58.1 Å². The lowest BCUT2D eigenvalue weighted by Gasteiger charge is -2.16. The lowest BCUT2D eigenvalue weighted by atomic mass is 10.1. The largest absolute Gasteiger partial charge is 0.420 e. The first kappa shape index (κ1) is 16.9. The van der Waals surface area contributed by atoms with Crippen LogP contribution in [0.3, 0.4) is 0 Å². The van der Waals surface area contributed by atoms with Gasteiger partial charge in [0.05, 0.1) is 16.4 Å². The van der Waals surface area contributed by atoms with Crippen molar-refractivity contribution in [3.63, 3.8) is 0 Å². The number of rotatable bonds is 4. The number of aryl methyl sites for hydroxylation is 1. The lowest BCUT2D eigenvalue weighted by molar-refractivity contribution is 0.440. The number of nitrogens with zero attached hydrogens (tertiary/aromatic N) is 4. The van der Waals surface area contributed by atoms with E-state index in [0.29, 0.717) is 36.2 Å². The predicted molar refractivity (Wildman–Crippen MR) is 94.8 cm³/mol. The van der Waals surface area contributed by atoms with Gasteiger partial charge in [0.1, 0.15) is 0 Å². The summed E-state index contributed by atoms with van der Waals surface area (Å²) in [5.74, 6) is 0.756. The van der Waals surface area contributed by atoms with Gasteiger partial charge in [-0.05, 0) is 37.6 Å². The molecule has 0 aliphatic carbocycles. The molecule has 0 unspecified atom stereocenters. The Morgan fingerprint density at radius 2 is 1.96 bits per heavy atom. The van der Waals surface area contributed by atoms with Crippen molar-refractivity contribution in [2.75, 3.05) is 13.1 Å².